The molecule has 0 radical (unpaired) electrons. The van der Waals surface area contributed by atoms with Gasteiger partial charge in [-0.2, -0.15) is 31.3 Å². The number of halogens is 6. The SMILES string of the molecule is O=c1ccc2c(=O)n(-c3ccc(OCC(F)(F)F)cc3)c(OCC(F)(F)F)nc2[nH]1.[H-].[Na+]. The van der Waals surface area contributed by atoms with Crippen molar-refractivity contribution in [1.29, 1.82) is 0 Å². The zero-order valence-electron chi connectivity index (χ0n) is 16.7. The molecule has 1 N–H and O–H groups in total. The molecule has 7 nitrogen and oxygen atoms in total. The van der Waals surface area contributed by atoms with E-state index < -0.39 is 42.7 Å². The van der Waals surface area contributed by atoms with Gasteiger partial charge in [-0.05, 0) is 30.3 Å². The predicted molar refractivity (Wildman–Crippen MR) is 92.2 cm³/mol. The van der Waals surface area contributed by atoms with Gasteiger partial charge in [-0.25, -0.2) is 4.57 Å². The number of alkyl halides is 6. The van der Waals surface area contributed by atoms with Crippen LogP contribution in [0.1, 0.15) is 1.43 Å². The molecule has 0 saturated carbocycles. The topological polar surface area (TPSA) is 86.2 Å². The number of ether oxygens (including phenoxy) is 2. The van der Waals surface area contributed by atoms with Crippen molar-refractivity contribution in [2.24, 2.45) is 0 Å². The number of hydrogen-bond donors (Lipinski definition) is 1. The Morgan fingerprint density at radius 2 is 1.48 bits per heavy atom. The van der Waals surface area contributed by atoms with Gasteiger partial charge in [0.1, 0.15) is 5.75 Å². The molecule has 0 fully saturated rings. The Morgan fingerprint density at radius 3 is 2.06 bits per heavy atom. The van der Waals surface area contributed by atoms with E-state index in [1.807, 2.05) is 0 Å². The van der Waals surface area contributed by atoms with Crippen LogP contribution >= 0.6 is 0 Å². The second-order valence-electron chi connectivity index (χ2n) is 5.92. The van der Waals surface area contributed by atoms with Gasteiger partial charge < -0.3 is 15.9 Å². The summed E-state index contributed by atoms with van der Waals surface area (Å²) in [5.74, 6) is -0.181. The van der Waals surface area contributed by atoms with Gasteiger partial charge in [-0.15, -0.1) is 0 Å². The molecule has 0 aliphatic carbocycles. The van der Waals surface area contributed by atoms with Crippen LogP contribution in [0.3, 0.4) is 0 Å². The Kier molecular flexibility index (Phi) is 7.44. The maximum atomic E-state index is 12.8. The van der Waals surface area contributed by atoms with E-state index in [9.17, 15) is 35.9 Å². The number of rotatable bonds is 5. The molecule has 14 heteroatoms. The van der Waals surface area contributed by atoms with Crippen molar-refractivity contribution in [2.75, 3.05) is 13.2 Å². The van der Waals surface area contributed by atoms with Crippen molar-refractivity contribution in [3.05, 3.63) is 57.1 Å². The molecule has 31 heavy (non-hydrogen) atoms. The van der Waals surface area contributed by atoms with Gasteiger partial charge >= 0.3 is 47.9 Å². The van der Waals surface area contributed by atoms with Crippen molar-refractivity contribution in [1.82, 2.24) is 14.5 Å². The molecule has 162 valence electrons. The summed E-state index contributed by atoms with van der Waals surface area (Å²) in [6, 6.07) is 5.88. The summed E-state index contributed by atoms with van der Waals surface area (Å²) in [7, 11) is 0. The average Bonchev–Trinajstić information content (AvgIpc) is 2.64. The molecule has 2 heterocycles. The minimum atomic E-state index is -4.74. The summed E-state index contributed by atoms with van der Waals surface area (Å²) < 4.78 is 84.3. The predicted octanol–water partition coefficient (Wildman–Crippen LogP) is 0.0727. The second-order valence-corrected chi connectivity index (χ2v) is 5.92. The van der Waals surface area contributed by atoms with Crippen LogP contribution in [0.25, 0.3) is 16.7 Å². The third kappa shape index (κ3) is 6.48. The Balaban J connectivity index is 0.00000256. The normalized spacial score (nSPS) is 11.8. The van der Waals surface area contributed by atoms with Crippen molar-refractivity contribution < 1.29 is 66.8 Å². The van der Waals surface area contributed by atoms with Gasteiger partial charge in [-0.1, -0.05) is 0 Å². The van der Waals surface area contributed by atoms with Gasteiger partial charge in [0.2, 0.25) is 5.56 Å². The molecule has 2 aromatic heterocycles. The summed E-state index contributed by atoms with van der Waals surface area (Å²) in [5, 5.41) is -0.119. The molecular weight excluding hydrogens is 447 g/mol. The summed E-state index contributed by atoms with van der Waals surface area (Å²) in [6.45, 7) is -3.31. The molecule has 0 bridgehead atoms. The first-order chi connectivity index (χ1) is 13.9. The van der Waals surface area contributed by atoms with Gasteiger partial charge in [0.05, 0.1) is 11.1 Å². The summed E-state index contributed by atoms with van der Waals surface area (Å²) in [4.78, 5) is 30.2. The number of pyridine rings is 1. The van der Waals surface area contributed by atoms with E-state index in [2.05, 4.69) is 19.4 Å². The van der Waals surface area contributed by atoms with E-state index in [1.54, 1.807) is 0 Å². The Bertz CT molecular complexity index is 1180. The second kappa shape index (κ2) is 9.32. The van der Waals surface area contributed by atoms with Crippen LogP contribution in [-0.2, 0) is 0 Å². The molecule has 0 unspecified atom stereocenters. The standard InChI is InChI=1S/C17H11F6N3O4.Na.H/c18-16(19,20)7-29-10-3-1-9(2-4-10)26-14(28)11-5-6-12(27)24-13(11)25-15(26)30-8-17(21,22)23;;/h1-6H,7-8H2,(H,24,27);;/q;+1;-1. The summed E-state index contributed by atoms with van der Waals surface area (Å²) in [5.41, 5.74) is -1.83. The van der Waals surface area contributed by atoms with Crippen LogP contribution in [0.5, 0.6) is 11.8 Å². The number of nitrogens with zero attached hydrogens (tertiary/aromatic N) is 2. The van der Waals surface area contributed by atoms with Crippen LogP contribution in [0.2, 0.25) is 0 Å². The van der Waals surface area contributed by atoms with Crippen LogP contribution in [0, 0.1) is 0 Å². The molecule has 3 aromatic rings. The number of fused-ring (bicyclic) bond motifs is 1. The molecule has 0 aliphatic rings. The zero-order chi connectivity index (χ0) is 22.1. The van der Waals surface area contributed by atoms with Crippen molar-refractivity contribution in [2.45, 2.75) is 12.4 Å². The van der Waals surface area contributed by atoms with E-state index in [-0.39, 0.29) is 53.5 Å². The van der Waals surface area contributed by atoms with E-state index in [1.165, 1.54) is 0 Å². The van der Waals surface area contributed by atoms with Gasteiger partial charge in [-0.3, -0.25) is 9.59 Å². The zero-order valence-corrected chi connectivity index (χ0v) is 17.7. The number of aromatic nitrogens is 3. The number of hydrogen-bond acceptors (Lipinski definition) is 5. The molecule has 0 spiro atoms. The maximum Gasteiger partial charge on any atom is 1.00 e. The van der Waals surface area contributed by atoms with E-state index >= 15 is 0 Å². The number of H-pyrrole nitrogens is 1. The van der Waals surface area contributed by atoms with Crippen LogP contribution in [-0.4, -0.2) is 40.1 Å². The van der Waals surface area contributed by atoms with E-state index in [4.69, 9.17) is 0 Å². The Labute approximate surface area is 192 Å². The summed E-state index contributed by atoms with van der Waals surface area (Å²) >= 11 is 0. The molecule has 0 aliphatic heterocycles. The van der Waals surface area contributed by atoms with E-state index in [0.717, 1.165) is 36.4 Å². The molecule has 0 amide bonds. The fourth-order valence-corrected chi connectivity index (χ4v) is 2.40. The minimum absolute atomic E-state index is 0. The monoisotopic (exact) mass is 459 g/mol. The molecule has 0 atom stereocenters. The minimum Gasteiger partial charge on any atom is -1.00 e. The first kappa shape index (κ1) is 24.8. The van der Waals surface area contributed by atoms with Gasteiger partial charge in [0, 0.05) is 6.07 Å². The third-order valence-corrected chi connectivity index (χ3v) is 3.59. The van der Waals surface area contributed by atoms with Crippen LogP contribution in [0.15, 0.2) is 46.0 Å². The maximum absolute atomic E-state index is 12.8. The fraction of sp³-hybridized carbons (Fsp3) is 0.235. The molecule has 0 saturated heterocycles. The van der Waals surface area contributed by atoms with Gasteiger partial charge in [0.15, 0.2) is 18.9 Å². The largest absolute Gasteiger partial charge is 1.00 e. The first-order valence-electron chi connectivity index (χ1n) is 8.08. The fourth-order valence-electron chi connectivity index (χ4n) is 2.40. The Hall–Kier alpha value is -2.51. The Morgan fingerprint density at radius 1 is 0.903 bits per heavy atom. The van der Waals surface area contributed by atoms with Crippen molar-refractivity contribution in [3.8, 4) is 17.4 Å². The van der Waals surface area contributed by atoms with Gasteiger partial charge in [0.25, 0.3) is 5.56 Å². The van der Waals surface area contributed by atoms with E-state index in [0.29, 0.717) is 4.57 Å². The molecule has 3 rings (SSSR count). The van der Waals surface area contributed by atoms with Crippen molar-refractivity contribution >= 4 is 11.0 Å². The molecular formula is C17H12F6N3NaO4. The average molecular weight is 459 g/mol. The number of benzene rings is 1. The molecule has 1 aromatic carbocycles. The van der Waals surface area contributed by atoms with Crippen LogP contribution in [0.4, 0.5) is 26.3 Å². The number of nitrogens with one attached hydrogen (secondary N) is 1. The summed E-state index contributed by atoms with van der Waals surface area (Å²) in [6.07, 6.45) is -9.30. The quantitative estimate of drug-likeness (QED) is 0.432. The first-order valence-corrected chi connectivity index (χ1v) is 8.08. The third-order valence-electron chi connectivity index (χ3n) is 3.59. The van der Waals surface area contributed by atoms with Crippen LogP contribution < -0.4 is 50.1 Å². The van der Waals surface area contributed by atoms with Crippen molar-refractivity contribution in [3.63, 3.8) is 0 Å². The number of aromatic amines is 1. The smallest absolute Gasteiger partial charge is 1.00 e.